The van der Waals surface area contributed by atoms with E-state index >= 15 is 0 Å². The first-order valence-electron chi connectivity index (χ1n) is 9.67. The number of likely N-dealkylation sites (tertiary alicyclic amines) is 1. The molecule has 0 N–H and O–H groups in total. The Bertz CT molecular complexity index is 1010. The average Bonchev–Trinajstić information content (AvgIpc) is 2.84. The summed E-state index contributed by atoms with van der Waals surface area (Å²) >= 11 is 0. The van der Waals surface area contributed by atoms with Crippen LogP contribution >= 0.6 is 0 Å². The molecular weight excluding hydrogens is 346 g/mol. The predicted molar refractivity (Wildman–Crippen MR) is 106 cm³/mol. The molecule has 4 heterocycles. The van der Waals surface area contributed by atoms with Crippen molar-refractivity contribution in [1.82, 2.24) is 23.6 Å². The van der Waals surface area contributed by atoms with Gasteiger partial charge in [-0.1, -0.05) is 12.8 Å². The Hall–Kier alpha value is -2.42. The van der Waals surface area contributed by atoms with Gasteiger partial charge in [-0.25, -0.2) is 9.80 Å². The minimum atomic E-state index is -0.364. The zero-order valence-corrected chi connectivity index (χ0v) is 16.3. The maximum absolute atomic E-state index is 12.7. The number of rotatable bonds is 3. The number of nitrogens with zero attached hydrogens (tertiary/aromatic N) is 7. The number of anilines is 1. The minimum Gasteiger partial charge on any atom is -0.301 e. The second-order valence-corrected chi connectivity index (χ2v) is 7.59. The standard InChI is InChI=1S/C18H27N7O2/c1-13-12-24-14-15(21(2)18(27)22(3)16(14)26)19-17(24)25(20-13)11-10-23-8-6-4-5-7-9-23/h4-12H2,1-3H3. The first kappa shape index (κ1) is 18.0. The third-order valence-corrected chi connectivity index (χ3v) is 5.56. The highest BCUT2D eigenvalue weighted by molar-refractivity contribution is 5.87. The van der Waals surface area contributed by atoms with Crippen LogP contribution in [0.25, 0.3) is 11.2 Å². The summed E-state index contributed by atoms with van der Waals surface area (Å²) in [6, 6.07) is 0. The lowest BCUT2D eigenvalue weighted by atomic mass is 10.2. The molecular formula is C18H27N7O2. The fraction of sp³-hybridized carbons (Fsp3) is 0.667. The molecule has 9 nitrogen and oxygen atoms in total. The van der Waals surface area contributed by atoms with Crippen molar-refractivity contribution in [2.45, 2.75) is 39.2 Å². The molecule has 27 heavy (non-hydrogen) atoms. The van der Waals surface area contributed by atoms with E-state index in [0.717, 1.165) is 36.5 Å². The van der Waals surface area contributed by atoms with E-state index in [9.17, 15) is 9.59 Å². The smallest absolute Gasteiger partial charge is 0.301 e. The fourth-order valence-electron chi connectivity index (χ4n) is 4.04. The van der Waals surface area contributed by atoms with Crippen molar-refractivity contribution in [3.05, 3.63) is 20.8 Å². The molecule has 0 amide bonds. The molecule has 4 rings (SSSR count). The summed E-state index contributed by atoms with van der Waals surface area (Å²) in [5.41, 5.74) is 1.13. The van der Waals surface area contributed by atoms with Crippen molar-refractivity contribution in [2.24, 2.45) is 19.2 Å². The minimum absolute atomic E-state index is 0.311. The van der Waals surface area contributed by atoms with Crippen LogP contribution in [0.5, 0.6) is 0 Å². The lowest BCUT2D eigenvalue weighted by molar-refractivity contribution is 0.290. The molecule has 0 radical (unpaired) electrons. The van der Waals surface area contributed by atoms with Gasteiger partial charge >= 0.3 is 5.69 Å². The van der Waals surface area contributed by atoms with Crippen LogP contribution in [0, 0.1) is 0 Å². The number of hydrogen-bond donors (Lipinski definition) is 0. The summed E-state index contributed by atoms with van der Waals surface area (Å²) in [4.78, 5) is 32.1. The van der Waals surface area contributed by atoms with Gasteiger partial charge in [0.15, 0.2) is 11.2 Å². The number of aryl methyl sites for hydroxylation is 1. The fourth-order valence-corrected chi connectivity index (χ4v) is 4.04. The van der Waals surface area contributed by atoms with Crippen molar-refractivity contribution in [3.63, 3.8) is 0 Å². The first-order valence-corrected chi connectivity index (χ1v) is 9.67. The largest absolute Gasteiger partial charge is 0.332 e. The molecule has 0 aromatic carbocycles. The molecule has 146 valence electrons. The molecule has 2 aromatic heterocycles. The molecule has 0 spiro atoms. The van der Waals surface area contributed by atoms with Gasteiger partial charge in [-0.3, -0.25) is 18.5 Å². The van der Waals surface area contributed by atoms with Crippen LogP contribution in [-0.4, -0.2) is 55.5 Å². The number of fused-ring (bicyclic) bond motifs is 3. The zero-order valence-electron chi connectivity index (χ0n) is 16.3. The summed E-state index contributed by atoms with van der Waals surface area (Å²) in [6.07, 6.45) is 5.12. The Morgan fingerprint density at radius 3 is 2.37 bits per heavy atom. The third-order valence-electron chi connectivity index (χ3n) is 5.56. The van der Waals surface area contributed by atoms with Crippen LogP contribution in [0.1, 0.15) is 32.6 Å². The molecule has 0 aliphatic carbocycles. The highest BCUT2D eigenvalue weighted by atomic mass is 16.2. The van der Waals surface area contributed by atoms with Gasteiger partial charge in [0, 0.05) is 20.6 Å². The molecule has 2 aliphatic heterocycles. The van der Waals surface area contributed by atoms with Crippen molar-refractivity contribution >= 4 is 22.8 Å². The van der Waals surface area contributed by atoms with Gasteiger partial charge in [-0.05, 0) is 32.9 Å². The van der Waals surface area contributed by atoms with Crippen molar-refractivity contribution in [2.75, 3.05) is 31.2 Å². The predicted octanol–water partition coefficient (Wildman–Crippen LogP) is 0.506. The van der Waals surface area contributed by atoms with E-state index in [0.29, 0.717) is 23.7 Å². The van der Waals surface area contributed by atoms with Crippen LogP contribution in [-0.2, 0) is 20.6 Å². The van der Waals surface area contributed by atoms with E-state index in [4.69, 9.17) is 0 Å². The van der Waals surface area contributed by atoms with Crippen LogP contribution in [0.4, 0.5) is 5.95 Å². The molecule has 0 atom stereocenters. The average molecular weight is 373 g/mol. The highest BCUT2D eigenvalue weighted by Crippen LogP contribution is 2.23. The molecule has 1 saturated heterocycles. The monoisotopic (exact) mass is 373 g/mol. The Morgan fingerprint density at radius 2 is 1.67 bits per heavy atom. The van der Waals surface area contributed by atoms with Crippen LogP contribution in [0.3, 0.4) is 0 Å². The second-order valence-electron chi connectivity index (χ2n) is 7.59. The van der Waals surface area contributed by atoms with E-state index in [1.165, 1.54) is 37.3 Å². The Labute approximate surface area is 157 Å². The quantitative estimate of drug-likeness (QED) is 0.783. The number of hydrogen-bond acceptors (Lipinski definition) is 6. The Morgan fingerprint density at radius 1 is 0.963 bits per heavy atom. The van der Waals surface area contributed by atoms with Crippen molar-refractivity contribution < 1.29 is 0 Å². The van der Waals surface area contributed by atoms with E-state index in [1.807, 2.05) is 16.5 Å². The summed E-state index contributed by atoms with van der Waals surface area (Å²) in [5.74, 6) is 0.642. The van der Waals surface area contributed by atoms with E-state index in [2.05, 4.69) is 15.0 Å². The SMILES string of the molecule is CC1=NN(CCN2CCCCCC2)c2nc3c(c(=O)n(C)c(=O)n3C)n2C1. The molecule has 2 aromatic rings. The van der Waals surface area contributed by atoms with E-state index < -0.39 is 0 Å². The number of hydrazone groups is 1. The van der Waals surface area contributed by atoms with Gasteiger partial charge in [0.1, 0.15) is 0 Å². The molecule has 9 heteroatoms. The van der Waals surface area contributed by atoms with Gasteiger partial charge in [0.25, 0.3) is 5.56 Å². The third kappa shape index (κ3) is 3.09. The normalized spacial score (nSPS) is 18.5. The van der Waals surface area contributed by atoms with E-state index in [-0.39, 0.29) is 11.2 Å². The molecule has 0 unspecified atom stereocenters. The van der Waals surface area contributed by atoms with Crippen molar-refractivity contribution in [3.8, 4) is 0 Å². The number of aromatic nitrogens is 4. The lowest BCUT2D eigenvalue weighted by Crippen LogP contribution is -2.39. The van der Waals surface area contributed by atoms with Crippen LogP contribution in [0.15, 0.2) is 14.7 Å². The second kappa shape index (κ2) is 6.95. The zero-order chi connectivity index (χ0) is 19.1. The van der Waals surface area contributed by atoms with Crippen LogP contribution in [0.2, 0.25) is 0 Å². The van der Waals surface area contributed by atoms with Gasteiger partial charge < -0.3 is 4.90 Å². The molecule has 2 aliphatic rings. The molecule has 0 saturated carbocycles. The topological polar surface area (TPSA) is 80.7 Å². The Balaban J connectivity index is 1.71. The van der Waals surface area contributed by atoms with Gasteiger partial charge in [-0.2, -0.15) is 10.1 Å². The van der Waals surface area contributed by atoms with Crippen LogP contribution < -0.4 is 16.3 Å². The lowest BCUT2D eigenvalue weighted by Gasteiger charge is -2.27. The maximum atomic E-state index is 12.7. The summed E-state index contributed by atoms with van der Waals surface area (Å²) in [7, 11) is 3.16. The Kier molecular flexibility index (Phi) is 4.63. The first-order chi connectivity index (χ1) is 13.0. The van der Waals surface area contributed by atoms with Crippen molar-refractivity contribution in [1.29, 1.82) is 0 Å². The highest BCUT2D eigenvalue weighted by Gasteiger charge is 2.26. The summed E-state index contributed by atoms with van der Waals surface area (Å²) < 4.78 is 4.46. The van der Waals surface area contributed by atoms with Gasteiger partial charge in [0.05, 0.1) is 18.8 Å². The van der Waals surface area contributed by atoms with Gasteiger partial charge in [0.2, 0.25) is 5.95 Å². The summed E-state index contributed by atoms with van der Waals surface area (Å²) in [6.45, 7) is 6.36. The van der Waals surface area contributed by atoms with E-state index in [1.54, 1.807) is 7.05 Å². The molecule has 0 bridgehead atoms. The maximum Gasteiger partial charge on any atom is 0.332 e. The molecule has 1 fully saturated rings. The summed E-state index contributed by atoms with van der Waals surface area (Å²) in [5, 5.41) is 6.56. The number of imidazole rings is 1. The van der Waals surface area contributed by atoms with Gasteiger partial charge in [-0.15, -0.1) is 0 Å².